The van der Waals surface area contributed by atoms with Gasteiger partial charge in [0.05, 0.1) is 18.1 Å². The summed E-state index contributed by atoms with van der Waals surface area (Å²) in [5.74, 6) is 0.0178. The quantitative estimate of drug-likeness (QED) is 0.297. The normalized spacial score (nSPS) is 9.42. The van der Waals surface area contributed by atoms with Gasteiger partial charge in [-0.05, 0) is 0 Å². The molecular formula is C6H7N2O4+. The standard InChI is InChI=1S/C6H7N2O4/c1-12-6-4-5(8(10)11)2-3-7(6)9/h2-4,9H,1H3/q+1. The third-order valence-electron chi connectivity index (χ3n) is 1.30. The maximum atomic E-state index is 10.2. The highest BCUT2D eigenvalue weighted by atomic mass is 16.6. The fraction of sp³-hybridized carbons (Fsp3) is 0.167. The molecule has 6 heteroatoms. The lowest BCUT2D eigenvalue weighted by Gasteiger charge is -1.93. The molecule has 0 aromatic carbocycles. The molecule has 6 nitrogen and oxygen atoms in total. The SMILES string of the molecule is COc1cc([N+](=O)[O-])cc[n+]1O. The van der Waals surface area contributed by atoms with Crippen LogP contribution < -0.4 is 9.47 Å². The number of ether oxygens (including phenoxy) is 1. The molecule has 0 aliphatic rings. The van der Waals surface area contributed by atoms with Gasteiger partial charge in [0.1, 0.15) is 6.07 Å². The molecule has 0 atom stereocenters. The molecule has 12 heavy (non-hydrogen) atoms. The van der Waals surface area contributed by atoms with Crippen molar-refractivity contribution in [2.24, 2.45) is 0 Å². The first kappa shape index (κ1) is 8.25. The van der Waals surface area contributed by atoms with Crippen LogP contribution in [0.1, 0.15) is 0 Å². The van der Waals surface area contributed by atoms with E-state index in [-0.39, 0.29) is 11.6 Å². The number of nitro groups is 1. The predicted octanol–water partition coefficient (Wildman–Crippen LogP) is 0.128. The number of pyridine rings is 1. The number of hydrogen-bond donors (Lipinski definition) is 1. The molecule has 0 spiro atoms. The van der Waals surface area contributed by atoms with Crippen molar-refractivity contribution in [3.63, 3.8) is 0 Å². The molecule has 1 aromatic heterocycles. The van der Waals surface area contributed by atoms with Gasteiger partial charge >= 0.3 is 5.88 Å². The van der Waals surface area contributed by atoms with E-state index in [1.165, 1.54) is 13.2 Å². The molecule has 0 aliphatic carbocycles. The van der Waals surface area contributed by atoms with Crippen LogP contribution >= 0.6 is 0 Å². The Bertz CT molecular complexity index is 312. The highest BCUT2D eigenvalue weighted by Crippen LogP contribution is 2.13. The Hall–Kier alpha value is -1.85. The van der Waals surface area contributed by atoms with Gasteiger partial charge in [0, 0.05) is 4.73 Å². The molecule has 0 saturated carbocycles. The van der Waals surface area contributed by atoms with Gasteiger partial charge in [0.25, 0.3) is 5.69 Å². The average molecular weight is 171 g/mol. The number of methoxy groups -OCH3 is 1. The van der Waals surface area contributed by atoms with Gasteiger partial charge in [-0.2, -0.15) is 0 Å². The number of rotatable bonds is 2. The fourth-order valence-electron chi connectivity index (χ4n) is 0.727. The summed E-state index contributed by atoms with van der Waals surface area (Å²) in [6, 6.07) is 2.29. The Kier molecular flexibility index (Phi) is 2.09. The summed E-state index contributed by atoms with van der Waals surface area (Å²) in [5.41, 5.74) is -0.128. The lowest BCUT2D eigenvalue weighted by Crippen LogP contribution is -2.31. The molecule has 1 N–H and O–H groups in total. The molecule has 1 rings (SSSR count). The van der Waals surface area contributed by atoms with Crippen LogP contribution in [0.3, 0.4) is 0 Å². The van der Waals surface area contributed by atoms with Crippen LogP contribution in [-0.4, -0.2) is 17.2 Å². The van der Waals surface area contributed by atoms with Crippen molar-refractivity contribution < 1.29 is 19.6 Å². The van der Waals surface area contributed by atoms with Crippen molar-refractivity contribution in [3.05, 3.63) is 28.4 Å². The second-order valence-electron chi connectivity index (χ2n) is 2.03. The summed E-state index contributed by atoms with van der Waals surface area (Å²) < 4.78 is 5.30. The summed E-state index contributed by atoms with van der Waals surface area (Å²) in [6.45, 7) is 0. The van der Waals surface area contributed by atoms with E-state index in [1.54, 1.807) is 0 Å². The van der Waals surface area contributed by atoms with Crippen molar-refractivity contribution in [1.29, 1.82) is 0 Å². The molecule has 0 fully saturated rings. The molecular weight excluding hydrogens is 164 g/mol. The summed E-state index contributed by atoms with van der Waals surface area (Å²) in [6.07, 6.45) is 1.14. The highest BCUT2D eigenvalue weighted by Gasteiger charge is 2.16. The van der Waals surface area contributed by atoms with Crippen molar-refractivity contribution >= 4 is 5.69 Å². The zero-order valence-corrected chi connectivity index (χ0v) is 6.30. The first-order valence-electron chi connectivity index (χ1n) is 3.08. The van der Waals surface area contributed by atoms with Gasteiger partial charge < -0.3 is 4.74 Å². The zero-order valence-electron chi connectivity index (χ0n) is 6.30. The topological polar surface area (TPSA) is 76.5 Å². The third kappa shape index (κ3) is 1.42. The van der Waals surface area contributed by atoms with E-state index >= 15 is 0 Å². The van der Waals surface area contributed by atoms with Crippen molar-refractivity contribution in [1.82, 2.24) is 0 Å². The smallest absolute Gasteiger partial charge is 0.423 e. The number of hydrogen-bond acceptors (Lipinski definition) is 4. The third-order valence-corrected chi connectivity index (χ3v) is 1.30. The summed E-state index contributed by atoms with van der Waals surface area (Å²) in [7, 11) is 1.31. The van der Waals surface area contributed by atoms with Crippen molar-refractivity contribution in [2.45, 2.75) is 0 Å². The Morgan fingerprint density at radius 2 is 2.42 bits per heavy atom. The van der Waals surface area contributed by atoms with Crippen LogP contribution in [0.4, 0.5) is 5.69 Å². The predicted molar refractivity (Wildman–Crippen MR) is 37.0 cm³/mol. The minimum absolute atomic E-state index is 0.0178. The van der Waals surface area contributed by atoms with Crippen LogP contribution in [0.25, 0.3) is 0 Å². The van der Waals surface area contributed by atoms with Crippen LogP contribution in [0.15, 0.2) is 18.3 Å². The maximum Gasteiger partial charge on any atom is 0.423 e. The molecule has 0 bridgehead atoms. The van der Waals surface area contributed by atoms with E-state index in [4.69, 9.17) is 5.21 Å². The highest BCUT2D eigenvalue weighted by molar-refractivity contribution is 5.29. The van der Waals surface area contributed by atoms with Gasteiger partial charge in [0.15, 0.2) is 0 Å². The Balaban J connectivity index is 3.13. The maximum absolute atomic E-state index is 10.2. The fourth-order valence-corrected chi connectivity index (χ4v) is 0.727. The molecule has 0 unspecified atom stereocenters. The van der Waals surface area contributed by atoms with Crippen LogP contribution in [0.2, 0.25) is 0 Å². The van der Waals surface area contributed by atoms with Gasteiger partial charge in [-0.15, -0.1) is 0 Å². The van der Waals surface area contributed by atoms with Gasteiger partial charge in [-0.3, -0.25) is 15.3 Å². The molecule has 0 amide bonds. The summed E-state index contributed by atoms with van der Waals surface area (Å²) in [5, 5.41) is 19.2. The molecule has 0 aliphatic heterocycles. The van der Waals surface area contributed by atoms with Crippen molar-refractivity contribution in [3.8, 4) is 5.88 Å². The zero-order chi connectivity index (χ0) is 9.14. The molecule has 0 radical (unpaired) electrons. The van der Waals surface area contributed by atoms with Crippen LogP contribution in [0.5, 0.6) is 5.88 Å². The number of nitrogens with zero attached hydrogens (tertiary/aromatic N) is 2. The van der Waals surface area contributed by atoms with E-state index in [9.17, 15) is 10.1 Å². The molecule has 1 heterocycles. The largest absolute Gasteiger partial charge is 0.444 e. The minimum Gasteiger partial charge on any atom is -0.444 e. The van der Waals surface area contributed by atoms with Gasteiger partial charge in [-0.1, -0.05) is 0 Å². The second kappa shape index (κ2) is 3.04. The Labute approximate surface area is 67.7 Å². The average Bonchev–Trinajstić information content (AvgIpc) is 2.05. The van der Waals surface area contributed by atoms with E-state index in [2.05, 4.69) is 4.74 Å². The molecule has 0 saturated heterocycles. The monoisotopic (exact) mass is 171 g/mol. The van der Waals surface area contributed by atoms with E-state index in [0.717, 1.165) is 12.3 Å². The first-order chi connectivity index (χ1) is 5.65. The van der Waals surface area contributed by atoms with Gasteiger partial charge in [0.2, 0.25) is 6.20 Å². The van der Waals surface area contributed by atoms with E-state index < -0.39 is 4.92 Å². The van der Waals surface area contributed by atoms with Crippen LogP contribution in [-0.2, 0) is 0 Å². The first-order valence-corrected chi connectivity index (χ1v) is 3.08. The Morgan fingerprint density at radius 1 is 1.75 bits per heavy atom. The summed E-state index contributed by atoms with van der Waals surface area (Å²) in [4.78, 5) is 9.67. The van der Waals surface area contributed by atoms with E-state index in [1.807, 2.05) is 0 Å². The van der Waals surface area contributed by atoms with Crippen LogP contribution in [0, 0.1) is 10.1 Å². The summed E-state index contributed by atoms with van der Waals surface area (Å²) >= 11 is 0. The lowest BCUT2D eigenvalue weighted by molar-refractivity contribution is -0.906. The second-order valence-corrected chi connectivity index (χ2v) is 2.03. The van der Waals surface area contributed by atoms with Gasteiger partial charge in [-0.25, -0.2) is 0 Å². The number of aromatic nitrogens is 1. The van der Waals surface area contributed by atoms with E-state index in [0.29, 0.717) is 4.73 Å². The lowest BCUT2D eigenvalue weighted by atomic mass is 10.4. The Morgan fingerprint density at radius 3 is 2.92 bits per heavy atom. The molecule has 64 valence electrons. The van der Waals surface area contributed by atoms with Crippen molar-refractivity contribution in [2.75, 3.05) is 7.11 Å². The minimum atomic E-state index is -0.567. The molecule has 1 aromatic rings.